The van der Waals surface area contributed by atoms with E-state index in [1.807, 2.05) is 26.0 Å². The lowest BCUT2D eigenvalue weighted by atomic mass is 9.93. The summed E-state index contributed by atoms with van der Waals surface area (Å²) in [5.41, 5.74) is 2.33. The number of rotatable bonds is 8. The van der Waals surface area contributed by atoms with Gasteiger partial charge in [-0.05, 0) is 58.4 Å². The third-order valence-corrected chi connectivity index (χ3v) is 5.18. The molecule has 2 rings (SSSR count). The Bertz CT molecular complexity index is 1010. The van der Waals surface area contributed by atoms with E-state index < -0.39 is 17.7 Å². The Morgan fingerprint density at radius 2 is 1.76 bits per heavy atom. The highest BCUT2D eigenvalue weighted by Crippen LogP contribution is 2.28. The summed E-state index contributed by atoms with van der Waals surface area (Å²) in [5, 5.41) is 0.610. The van der Waals surface area contributed by atoms with Crippen molar-refractivity contribution in [1.29, 1.82) is 0 Å². The lowest BCUT2D eigenvalue weighted by molar-refractivity contribution is 0.0168. The average Bonchev–Trinajstić information content (AvgIpc) is 2.75. The maximum atomic E-state index is 13.8. The minimum absolute atomic E-state index is 0. The number of pyridine rings is 1. The summed E-state index contributed by atoms with van der Waals surface area (Å²) in [5.74, 6) is -0.198. The van der Waals surface area contributed by atoms with Crippen LogP contribution in [-0.2, 0) is 4.74 Å². The van der Waals surface area contributed by atoms with E-state index in [2.05, 4.69) is 18.1 Å². The molecule has 1 aromatic carbocycles. The second-order valence-electron chi connectivity index (χ2n) is 8.32. The van der Waals surface area contributed by atoms with Crippen LogP contribution in [0.1, 0.15) is 70.1 Å². The Morgan fingerprint density at radius 1 is 1.15 bits per heavy atom. The van der Waals surface area contributed by atoms with Gasteiger partial charge in [0, 0.05) is 28.3 Å². The number of amides is 1. The molecule has 1 amide bonds. The smallest absolute Gasteiger partial charge is 0.410 e. The number of aromatic nitrogens is 1. The number of halogens is 1. The molecule has 0 aliphatic heterocycles. The summed E-state index contributed by atoms with van der Waals surface area (Å²) in [4.78, 5) is 32.7. The van der Waals surface area contributed by atoms with Gasteiger partial charge in [-0.25, -0.2) is 9.78 Å². The molecule has 0 spiro atoms. The van der Waals surface area contributed by atoms with Crippen molar-refractivity contribution in [2.45, 2.75) is 60.1 Å². The highest BCUT2D eigenvalue weighted by atomic mass is 35.5. The SMILES string of the molecule is C.C=Cc1nc(-c2ccc(Cl)cc2)cc(C(=O)C(CC)N(CC)C(=O)OC(C)(C)C)c1C=C. The van der Waals surface area contributed by atoms with E-state index in [4.69, 9.17) is 16.3 Å². The Morgan fingerprint density at radius 3 is 2.21 bits per heavy atom. The lowest BCUT2D eigenvalue weighted by Gasteiger charge is -2.32. The molecule has 0 fully saturated rings. The first kappa shape index (κ1) is 28.1. The molecular weight excluding hydrogens is 436 g/mol. The van der Waals surface area contributed by atoms with Gasteiger partial charge >= 0.3 is 6.09 Å². The molecule has 0 saturated carbocycles. The highest BCUT2D eigenvalue weighted by Gasteiger charge is 2.32. The molecule has 1 aromatic heterocycles. The molecule has 6 heteroatoms. The first-order valence-electron chi connectivity index (χ1n) is 10.7. The van der Waals surface area contributed by atoms with Gasteiger partial charge in [-0.2, -0.15) is 0 Å². The Hall–Kier alpha value is -2.92. The van der Waals surface area contributed by atoms with Gasteiger partial charge < -0.3 is 4.74 Å². The van der Waals surface area contributed by atoms with Crippen molar-refractivity contribution in [3.05, 3.63) is 65.3 Å². The van der Waals surface area contributed by atoms with Crippen LogP contribution in [0.2, 0.25) is 5.02 Å². The molecule has 0 bridgehead atoms. The molecule has 0 aliphatic carbocycles. The van der Waals surface area contributed by atoms with Gasteiger partial charge in [0.1, 0.15) is 5.60 Å². The Labute approximate surface area is 203 Å². The molecule has 1 heterocycles. The molecule has 1 atom stereocenters. The van der Waals surface area contributed by atoms with Crippen LogP contribution in [0.25, 0.3) is 23.4 Å². The summed E-state index contributed by atoms with van der Waals surface area (Å²) in [6, 6.07) is 8.27. The number of ketones is 1. The predicted molar refractivity (Wildman–Crippen MR) is 139 cm³/mol. The van der Waals surface area contributed by atoms with Crippen LogP contribution in [0, 0.1) is 0 Å². The van der Waals surface area contributed by atoms with Crippen molar-refractivity contribution in [3.8, 4) is 11.3 Å². The Kier molecular flexibility index (Phi) is 10.1. The van der Waals surface area contributed by atoms with Crippen molar-refractivity contribution in [3.63, 3.8) is 0 Å². The standard InChI is InChI=1S/C26H31ClN2O3.CH4/c1-8-19-20(16-22(28-21(19)9-2)17-12-14-18(27)15-13-17)24(30)23(10-3)29(11-4)25(31)32-26(5,6)7;/h8-9,12-16,23H,1-2,10-11H2,3-7H3;1H4. The zero-order valence-electron chi connectivity index (χ0n) is 19.4. The molecule has 0 N–H and O–H groups in total. The topological polar surface area (TPSA) is 59.5 Å². The Balaban J connectivity index is 0.00000544. The van der Waals surface area contributed by atoms with Crippen molar-refractivity contribution in [2.24, 2.45) is 0 Å². The van der Waals surface area contributed by atoms with E-state index in [1.54, 1.807) is 51.1 Å². The van der Waals surface area contributed by atoms with Crippen molar-refractivity contribution < 1.29 is 14.3 Å². The molecule has 5 nitrogen and oxygen atoms in total. The average molecular weight is 471 g/mol. The summed E-state index contributed by atoms with van der Waals surface area (Å²) >= 11 is 6.02. The number of carbonyl (C=O) groups is 2. The minimum atomic E-state index is -0.688. The van der Waals surface area contributed by atoms with E-state index in [0.29, 0.717) is 40.5 Å². The second-order valence-corrected chi connectivity index (χ2v) is 8.76. The molecule has 2 aromatic rings. The number of hydrogen-bond acceptors (Lipinski definition) is 4. The van der Waals surface area contributed by atoms with Gasteiger partial charge in [0.25, 0.3) is 0 Å². The van der Waals surface area contributed by atoms with Crippen LogP contribution < -0.4 is 0 Å². The minimum Gasteiger partial charge on any atom is -0.444 e. The van der Waals surface area contributed by atoms with E-state index in [9.17, 15) is 9.59 Å². The van der Waals surface area contributed by atoms with Crippen molar-refractivity contribution in [2.75, 3.05) is 6.54 Å². The zero-order valence-corrected chi connectivity index (χ0v) is 20.2. The number of hydrogen-bond donors (Lipinski definition) is 0. The number of Topliss-reactive ketones (excluding diaryl/α,β-unsaturated/α-hetero) is 1. The molecule has 0 radical (unpaired) electrons. The van der Waals surface area contributed by atoms with Crippen molar-refractivity contribution >= 4 is 35.6 Å². The van der Waals surface area contributed by atoms with E-state index in [-0.39, 0.29) is 13.2 Å². The zero-order chi connectivity index (χ0) is 24.1. The van der Waals surface area contributed by atoms with Crippen molar-refractivity contribution in [1.82, 2.24) is 9.88 Å². The molecule has 0 saturated heterocycles. The van der Waals surface area contributed by atoms with Crippen LogP contribution >= 0.6 is 11.6 Å². The van der Waals surface area contributed by atoms with Crippen LogP contribution in [0.5, 0.6) is 0 Å². The lowest BCUT2D eigenvalue weighted by Crippen LogP contribution is -2.47. The highest BCUT2D eigenvalue weighted by molar-refractivity contribution is 6.30. The van der Waals surface area contributed by atoms with E-state index >= 15 is 0 Å². The number of carbonyl (C=O) groups excluding carboxylic acids is 2. The second kappa shape index (κ2) is 11.8. The summed E-state index contributed by atoms with van der Waals surface area (Å²) in [6.07, 6.45) is 3.11. The fourth-order valence-corrected chi connectivity index (χ4v) is 3.57. The van der Waals surface area contributed by atoms with Gasteiger partial charge in [0.15, 0.2) is 5.78 Å². The summed E-state index contributed by atoms with van der Waals surface area (Å²) in [7, 11) is 0. The molecular formula is C27H35ClN2O3. The fraction of sp³-hybridized carbons (Fsp3) is 0.370. The van der Waals surface area contributed by atoms with Gasteiger partial charge in [-0.15, -0.1) is 0 Å². The van der Waals surface area contributed by atoms with Crippen LogP contribution in [0.4, 0.5) is 4.79 Å². The third kappa shape index (κ3) is 6.78. The van der Waals surface area contributed by atoms with Gasteiger partial charge in [0.05, 0.1) is 17.4 Å². The van der Waals surface area contributed by atoms with Gasteiger partial charge in [-0.1, -0.05) is 57.3 Å². The summed E-state index contributed by atoms with van der Waals surface area (Å²) < 4.78 is 5.54. The van der Waals surface area contributed by atoms with Crippen LogP contribution in [0.3, 0.4) is 0 Å². The molecule has 178 valence electrons. The largest absolute Gasteiger partial charge is 0.444 e. The first-order valence-corrected chi connectivity index (χ1v) is 11.0. The van der Waals surface area contributed by atoms with Crippen LogP contribution in [-0.4, -0.2) is 39.9 Å². The summed E-state index contributed by atoms with van der Waals surface area (Å²) in [6.45, 7) is 17.2. The third-order valence-electron chi connectivity index (χ3n) is 4.93. The quantitative estimate of drug-likeness (QED) is 0.374. The van der Waals surface area contributed by atoms with E-state index in [0.717, 1.165) is 5.56 Å². The molecule has 0 aliphatic rings. The fourth-order valence-electron chi connectivity index (χ4n) is 3.44. The number of ether oxygens (including phenoxy) is 1. The monoisotopic (exact) mass is 470 g/mol. The van der Waals surface area contributed by atoms with Crippen LogP contribution in [0.15, 0.2) is 43.5 Å². The van der Waals surface area contributed by atoms with Gasteiger partial charge in [0.2, 0.25) is 0 Å². The van der Waals surface area contributed by atoms with Gasteiger partial charge in [-0.3, -0.25) is 9.69 Å². The number of likely N-dealkylation sites (N-methyl/N-ethyl adjacent to an activating group) is 1. The molecule has 1 unspecified atom stereocenters. The molecule has 33 heavy (non-hydrogen) atoms. The first-order chi connectivity index (χ1) is 15.1. The van der Waals surface area contributed by atoms with E-state index in [1.165, 1.54) is 4.90 Å². The number of benzene rings is 1. The maximum absolute atomic E-state index is 13.8. The predicted octanol–water partition coefficient (Wildman–Crippen LogP) is 7.54. The normalized spacial score (nSPS) is 11.7. The number of nitrogens with zero attached hydrogens (tertiary/aromatic N) is 2. The maximum Gasteiger partial charge on any atom is 0.410 e.